The summed E-state index contributed by atoms with van der Waals surface area (Å²) in [6, 6.07) is 17.0. The SMILES string of the molecule is CCn1c2ccc(C(=O)c3ccccc3C)cc2c2c3c(ccc21)/C(=N/OC(C)=O)C(CC(=O)OC)O3. The van der Waals surface area contributed by atoms with Gasteiger partial charge in [-0.3, -0.25) is 9.59 Å². The first-order valence-electron chi connectivity index (χ1n) is 12.0. The van der Waals surface area contributed by atoms with Gasteiger partial charge in [0.05, 0.1) is 24.4 Å². The number of fused-ring (bicyclic) bond motifs is 5. The Labute approximate surface area is 213 Å². The summed E-state index contributed by atoms with van der Waals surface area (Å²) < 4.78 is 13.3. The van der Waals surface area contributed by atoms with Crippen molar-refractivity contribution in [1.82, 2.24) is 4.57 Å². The number of benzene rings is 3. The summed E-state index contributed by atoms with van der Waals surface area (Å²) in [5.41, 5.74) is 4.94. The molecule has 0 saturated carbocycles. The number of nitrogens with zero attached hydrogens (tertiary/aromatic N) is 2. The van der Waals surface area contributed by atoms with Crippen LogP contribution in [0, 0.1) is 6.92 Å². The zero-order valence-corrected chi connectivity index (χ0v) is 21.0. The molecule has 0 bridgehead atoms. The highest BCUT2D eigenvalue weighted by molar-refractivity contribution is 6.21. The van der Waals surface area contributed by atoms with Crippen molar-refractivity contribution in [2.75, 3.05) is 7.11 Å². The lowest BCUT2D eigenvalue weighted by Gasteiger charge is -2.10. The van der Waals surface area contributed by atoms with Gasteiger partial charge in [0.2, 0.25) is 0 Å². The first-order chi connectivity index (χ1) is 17.8. The molecule has 0 amide bonds. The minimum atomic E-state index is -0.788. The molecule has 0 fully saturated rings. The van der Waals surface area contributed by atoms with Gasteiger partial charge in [-0.05, 0) is 49.7 Å². The van der Waals surface area contributed by atoms with Gasteiger partial charge in [-0.15, -0.1) is 0 Å². The van der Waals surface area contributed by atoms with Gasteiger partial charge >= 0.3 is 11.9 Å². The van der Waals surface area contributed by atoms with Gasteiger partial charge in [-0.25, -0.2) is 4.79 Å². The number of aromatic nitrogens is 1. The van der Waals surface area contributed by atoms with Crippen LogP contribution in [0.15, 0.2) is 59.8 Å². The quantitative estimate of drug-likeness (QED) is 0.162. The molecule has 2 heterocycles. The molecule has 188 valence electrons. The van der Waals surface area contributed by atoms with Crippen LogP contribution in [0.25, 0.3) is 21.8 Å². The fraction of sp³-hybridized carbons (Fsp3) is 0.241. The van der Waals surface area contributed by atoms with Gasteiger partial charge in [0.15, 0.2) is 11.9 Å². The van der Waals surface area contributed by atoms with Crippen LogP contribution >= 0.6 is 0 Å². The molecule has 8 nitrogen and oxygen atoms in total. The summed E-state index contributed by atoms with van der Waals surface area (Å²) in [5, 5.41) is 5.66. The standard InChI is InChI=1S/C29H26N2O6/c1-5-31-22-12-10-18(28(34)19-9-7-6-8-16(19)2)14-21(22)26-23(31)13-11-20-27(30-37-17(3)32)24(36-29(20)26)15-25(33)35-4/h6-14,24H,5,15H2,1-4H3/b30-27-. The number of methoxy groups -OCH3 is 1. The summed E-state index contributed by atoms with van der Waals surface area (Å²) in [4.78, 5) is 41.9. The van der Waals surface area contributed by atoms with Crippen LogP contribution in [0.3, 0.4) is 0 Å². The Morgan fingerprint density at radius 1 is 1.05 bits per heavy atom. The molecule has 0 N–H and O–H groups in total. The van der Waals surface area contributed by atoms with Crippen molar-refractivity contribution < 1.29 is 28.7 Å². The van der Waals surface area contributed by atoms with Crippen molar-refractivity contribution in [1.29, 1.82) is 0 Å². The molecule has 0 saturated heterocycles. The lowest BCUT2D eigenvalue weighted by Crippen LogP contribution is -2.26. The highest BCUT2D eigenvalue weighted by Gasteiger charge is 2.36. The van der Waals surface area contributed by atoms with E-state index in [1.807, 2.05) is 68.4 Å². The largest absolute Gasteiger partial charge is 0.482 e. The number of rotatable bonds is 6. The van der Waals surface area contributed by atoms with Gasteiger partial charge in [-0.2, -0.15) is 0 Å². The maximum atomic E-state index is 13.4. The zero-order valence-electron chi connectivity index (χ0n) is 21.0. The Bertz CT molecular complexity index is 1610. The van der Waals surface area contributed by atoms with Crippen molar-refractivity contribution in [3.63, 3.8) is 0 Å². The van der Waals surface area contributed by atoms with Crippen molar-refractivity contribution in [3.05, 3.63) is 76.9 Å². The van der Waals surface area contributed by atoms with E-state index in [-0.39, 0.29) is 12.2 Å². The van der Waals surface area contributed by atoms with Crippen molar-refractivity contribution >= 4 is 45.2 Å². The van der Waals surface area contributed by atoms with E-state index in [9.17, 15) is 14.4 Å². The molecule has 1 aromatic heterocycles. The Balaban J connectivity index is 1.72. The van der Waals surface area contributed by atoms with Gasteiger partial charge in [0, 0.05) is 41.1 Å². The molecule has 5 rings (SSSR count). The smallest absolute Gasteiger partial charge is 0.331 e. The van der Waals surface area contributed by atoms with Crippen LogP contribution in [-0.4, -0.2) is 41.2 Å². The van der Waals surface area contributed by atoms with E-state index in [0.29, 0.717) is 34.7 Å². The van der Waals surface area contributed by atoms with E-state index < -0.39 is 18.0 Å². The number of hydrogen-bond donors (Lipinski definition) is 0. The number of aryl methyl sites for hydroxylation is 2. The van der Waals surface area contributed by atoms with Crippen molar-refractivity contribution in [2.45, 2.75) is 39.8 Å². The van der Waals surface area contributed by atoms with Crippen molar-refractivity contribution in [3.8, 4) is 5.75 Å². The predicted molar refractivity (Wildman–Crippen MR) is 139 cm³/mol. The molecule has 0 radical (unpaired) electrons. The molecule has 4 aromatic rings. The molecule has 1 aliphatic heterocycles. The summed E-state index contributed by atoms with van der Waals surface area (Å²) in [6.45, 7) is 5.92. The van der Waals surface area contributed by atoms with E-state index in [4.69, 9.17) is 14.3 Å². The number of ether oxygens (including phenoxy) is 2. The van der Waals surface area contributed by atoms with Crippen LogP contribution in [0.1, 0.15) is 47.3 Å². The Hall–Kier alpha value is -4.46. The highest BCUT2D eigenvalue weighted by Crippen LogP contribution is 2.43. The average Bonchev–Trinajstić information content (AvgIpc) is 3.40. The van der Waals surface area contributed by atoms with Crippen LogP contribution in [0.4, 0.5) is 0 Å². The van der Waals surface area contributed by atoms with Crippen LogP contribution in [0.5, 0.6) is 5.75 Å². The van der Waals surface area contributed by atoms with Gasteiger partial charge < -0.3 is 18.9 Å². The monoisotopic (exact) mass is 498 g/mol. The van der Waals surface area contributed by atoms with Gasteiger partial charge in [0.1, 0.15) is 11.5 Å². The third kappa shape index (κ3) is 4.14. The number of esters is 1. The number of carbonyl (C=O) groups is 3. The third-order valence-electron chi connectivity index (χ3n) is 6.64. The molecule has 1 aliphatic rings. The third-order valence-corrected chi connectivity index (χ3v) is 6.64. The minimum Gasteiger partial charge on any atom is -0.482 e. The second kappa shape index (κ2) is 9.54. The molecule has 3 aromatic carbocycles. The number of carbonyl (C=O) groups excluding carboxylic acids is 3. The fourth-order valence-corrected chi connectivity index (χ4v) is 4.91. The topological polar surface area (TPSA) is 96.2 Å². The zero-order chi connectivity index (χ0) is 26.3. The molecular formula is C29H26N2O6. The molecule has 0 aliphatic carbocycles. The fourth-order valence-electron chi connectivity index (χ4n) is 4.91. The molecule has 0 spiro atoms. The second-order valence-corrected chi connectivity index (χ2v) is 8.90. The van der Waals surface area contributed by atoms with Gasteiger partial charge in [-0.1, -0.05) is 29.4 Å². The Morgan fingerprint density at radius 2 is 1.81 bits per heavy atom. The number of oxime groups is 1. The summed E-state index contributed by atoms with van der Waals surface area (Å²) >= 11 is 0. The summed E-state index contributed by atoms with van der Waals surface area (Å²) in [5.74, 6) is -0.603. The molecule has 1 atom stereocenters. The first kappa shape index (κ1) is 24.2. The molecule has 37 heavy (non-hydrogen) atoms. The molecular weight excluding hydrogens is 472 g/mol. The van der Waals surface area contributed by atoms with Crippen LogP contribution in [-0.2, 0) is 25.7 Å². The van der Waals surface area contributed by atoms with E-state index in [1.165, 1.54) is 14.0 Å². The Morgan fingerprint density at radius 3 is 2.51 bits per heavy atom. The van der Waals surface area contributed by atoms with E-state index in [2.05, 4.69) is 9.72 Å². The van der Waals surface area contributed by atoms with E-state index >= 15 is 0 Å². The summed E-state index contributed by atoms with van der Waals surface area (Å²) in [6.07, 6.45) is -0.889. The maximum Gasteiger partial charge on any atom is 0.331 e. The predicted octanol–water partition coefficient (Wildman–Crippen LogP) is 4.95. The van der Waals surface area contributed by atoms with E-state index in [0.717, 1.165) is 27.4 Å². The molecule has 8 heteroatoms. The Kier molecular flexibility index (Phi) is 6.25. The lowest BCUT2D eigenvalue weighted by atomic mass is 9.97. The normalized spacial score (nSPS) is 15.6. The first-order valence-corrected chi connectivity index (χ1v) is 12.0. The number of ketones is 1. The lowest BCUT2D eigenvalue weighted by molar-refractivity contribution is -0.141. The van der Waals surface area contributed by atoms with Crippen molar-refractivity contribution in [2.24, 2.45) is 5.16 Å². The molecule has 1 unspecified atom stereocenters. The summed E-state index contributed by atoms with van der Waals surface area (Å²) in [7, 11) is 1.30. The van der Waals surface area contributed by atoms with Crippen LogP contribution in [0.2, 0.25) is 0 Å². The average molecular weight is 499 g/mol. The number of hydrogen-bond acceptors (Lipinski definition) is 7. The highest BCUT2D eigenvalue weighted by atomic mass is 16.7. The van der Waals surface area contributed by atoms with E-state index in [1.54, 1.807) is 0 Å². The van der Waals surface area contributed by atoms with Gasteiger partial charge in [0.25, 0.3) is 0 Å². The minimum absolute atomic E-state index is 0.0634. The van der Waals surface area contributed by atoms with Crippen LogP contribution < -0.4 is 4.74 Å². The second-order valence-electron chi connectivity index (χ2n) is 8.90. The maximum absolute atomic E-state index is 13.4.